The van der Waals surface area contributed by atoms with Crippen molar-refractivity contribution in [2.24, 2.45) is 0 Å². The molecule has 3 aromatic carbocycles. The number of benzene rings is 3. The molecule has 24 heavy (non-hydrogen) atoms. The summed E-state index contributed by atoms with van der Waals surface area (Å²) in [5, 5.41) is 4.77. The molecule has 0 saturated carbocycles. The Balaban J connectivity index is 1.70. The zero-order valence-electron chi connectivity index (χ0n) is 13.0. The van der Waals surface area contributed by atoms with Gasteiger partial charge in [-0.2, -0.15) is 0 Å². The lowest BCUT2D eigenvalue weighted by Gasteiger charge is -2.13. The third-order valence-electron chi connectivity index (χ3n) is 3.56. The van der Waals surface area contributed by atoms with Crippen LogP contribution in [0.3, 0.4) is 0 Å². The fraction of sp³-hybridized carbons (Fsp3) is 0.100. The van der Waals surface area contributed by atoms with E-state index in [1.807, 2.05) is 72.8 Å². The average Bonchev–Trinajstić information content (AvgIpc) is 2.60. The maximum absolute atomic E-state index is 6.14. The highest BCUT2D eigenvalue weighted by atomic mass is 35.5. The van der Waals surface area contributed by atoms with Crippen molar-refractivity contribution in [3.05, 3.63) is 94.0 Å². The highest BCUT2D eigenvalue weighted by molar-refractivity contribution is 6.30. The molecule has 0 aliphatic rings. The molecule has 122 valence electrons. The molecule has 0 spiro atoms. The van der Waals surface area contributed by atoms with E-state index in [-0.39, 0.29) is 0 Å². The maximum Gasteiger partial charge on any atom is 0.124 e. The Bertz CT molecular complexity index is 806. The van der Waals surface area contributed by atoms with Gasteiger partial charge in [-0.25, -0.2) is 0 Å². The van der Waals surface area contributed by atoms with Crippen molar-refractivity contribution in [1.82, 2.24) is 0 Å². The third kappa shape index (κ3) is 4.67. The molecule has 2 nitrogen and oxygen atoms in total. The Morgan fingerprint density at radius 1 is 0.792 bits per heavy atom. The first-order chi connectivity index (χ1) is 11.7. The van der Waals surface area contributed by atoms with Crippen molar-refractivity contribution in [2.45, 2.75) is 13.2 Å². The minimum atomic E-state index is 0.459. The monoisotopic (exact) mass is 357 g/mol. The lowest BCUT2D eigenvalue weighted by Crippen LogP contribution is -2.03. The second kappa shape index (κ2) is 8.09. The van der Waals surface area contributed by atoms with Crippen LogP contribution in [-0.2, 0) is 13.2 Å². The molecule has 0 aliphatic heterocycles. The minimum Gasteiger partial charge on any atom is -0.489 e. The molecule has 0 bridgehead atoms. The molecule has 0 atom stereocenters. The molecule has 0 heterocycles. The fourth-order valence-electron chi connectivity index (χ4n) is 2.37. The number of halogens is 2. The van der Waals surface area contributed by atoms with Gasteiger partial charge >= 0.3 is 0 Å². The van der Waals surface area contributed by atoms with Crippen LogP contribution >= 0.6 is 23.2 Å². The van der Waals surface area contributed by atoms with Gasteiger partial charge in [0.15, 0.2) is 0 Å². The standard InChI is InChI=1S/C20H17Cl2NO/c21-17-6-4-5-15(11-17)14-24-20-10-9-18(22)12-16(20)13-23-19-7-2-1-3-8-19/h1-12,23H,13-14H2. The summed E-state index contributed by atoms with van der Waals surface area (Å²) in [7, 11) is 0. The predicted octanol–water partition coefficient (Wildman–Crippen LogP) is 6.18. The van der Waals surface area contributed by atoms with E-state index in [2.05, 4.69) is 5.32 Å². The topological polar surface area (TPSA) is 21.3 Å². The van der Waals surface area contributed by atoms with Gasteiger partial charge in [-0.05, 0) is 48.0 Å². The van der Waals surface area contributed by atoms with Crippen LogP contribution in [0.1, 0.15) is 11.1 Å². The maximum atomic E-state index is 6.14. The van der Waals surface area contributed by atoms with Gasteiger partial charge in [-0.1, -0.05) is 53.5 Å². The highest BCUT2D eigenvalue weighted by Gasteiger charge is 2.06. The van der Waals surface area contributed by atoms with Gasteiger partial charge in [0.25, 0.3) is 0 Å². The molecule has 0 unspecified atom stereocenters. The van der Waals surface area contributed by atoms with Crippen LogP contribution in [0.5, 0.6) is 5.75 Å². The van der Waals surface area contributed by atoms with Gasteiger partial charge in [0, 0.05) is 27.8 Å². The van der Waals surface area contributed by atoms with E-state index in [9.17, 15) is 0 Å². The van der Waals surface area contributed by atoms with Crippen LogP contribution in [0.2, 0.25) is 10.0 Å². The zero-order valence-corrected chi connectivity index (χ0v) is 14.5. The van der Waals surface area contributed by atoms with Gasteiger partial charge < -0.3 is 10.1 Å². The molecule has 4 heteroatoms. The first-order valence-electron chi connectivity index (χ1n) is 7.65. The number of nitrogens with one attached hydrogen (secondary N) is 1. The van der Waals surface area contributed by atoms with Crippen LogP contribution in [-0.4, -0.2) is 0 Å². The molecule has 3 aromatic rings. The number of hydrogen-bond acceptors (Lipinski definition) is 2. The summed E-state index contributed by atoms with van der Waals surface area (Å²) in [5.41, 5.74) is 3.09. The van der Waals surface area contributed by atoms with Crippen molar-refractivity contribution in [2.75, 3.05) is 5.32 Å². The number of para-hydroxylation sites is 1. The second-order valence-corrected chi connectivity index (χ2v) is 6.26. The van der Waals surface area contributed by atoms with Crippen LogP contribution < -0.4 is 10.1 Å². The van der Waals surface area contributed by atoms with E-state index in [1.165, 1.54) is 0 Å². The second-order valence-electron chi connectivity index (χ2n) is 5.39. The van der Waals surface area contributed by atoms with Crippen molar-refractivity contribution in [3.8, 4) is 5.75 Å². The molecular weight excluding hydrogens is 341 g/mol. The summed E-state index contributed by atoms with van der Waals surface area (Å²) in [6.07, 6.45) is 0. The minimum absolute atomic E-state index is 0.459. The summed E-state index contributed by atoms with van der Waals surface area (Å²) in [6.45, 7) is 1.09. The van der Waals surface area contributed by atoms with Crippen molar-refractivity contribution >= 4 is 28.9 Å². The van der Waals surface area contributed by atoms with Crippen molar-refractivity contribution in [3.63, 3.8) is 0 Å². The summed E-state index contributed by atoms with van der Waals surface area (Å²) >= 11 is 12.1. The number of rotatable bonds is 6. The Hall–Kier alpha value is -2.16. The Kier molecular flexibility index (Phi) is 5.63. The summed E-state index contributed by atoms with van der Waals surface area (Å²) in [4.78, 5) is 0. The molecule has 1 N–H and O–H groups in total. The van der Waals surface area contributed by atoms with Crippen LogP contribution in [0.25, 0.3) is 0 Å². The van der Waals surface area contributed by atoms with Crippen LogP contribution in [0.4, 0.5) is 5.69 Å². The SMILES string of the molecule is Clc1cccc(COc2ccc(Cl)cc2CNc2ccccc2)c1. The molecule has 0 fully saturated rings. The zero-order chi connectivity index (χ0) is 16.8. The first-order valence-corrected chi connectivity index (χ1v) is 8.41. The van der Waals surface area contributed by atoms with E-state index < -0.39 is 0 Å². The number of ether oxygens (including phenoxy) is 1. The molecule has 0 radical (unpaired) electrons. The molecule has 0 aliphatic carbocycles. The smallest absolute Gasteiger partial charge is 0.124 e. The molecular formula is C20H17Cl2NO. The lowest BCUT2D eigenvalue weighted by molar-refractivity contribution is 0.303. The summed E-state index contributed by atoms with van der Waals surface area (Å²) in [6, 6.07) is 23.3. The fourth-order valence-corrected chi connectivity index (χ4v) is 2.78. The summed E-state index contributed by atoms with van der Waals surface area (Å²) in [5.74, 6) is 0.808. The van der Waals surface area contributed by atoms with Crippen LogP contribution in [0, 0.1) is 0 Å². The first kappa shape index (κ1) is 16.7. The van der Waals surface area contributed by atoms with E-state index in [4.69, 9.17) is 27.9 Å². The summed E-state index contributed by atoms with van der Waals surface area (Å²) < 4.78 is 5.96. The lowest BCUT2D eigenvalue weighted by atomic mass is 10.2. The Morgan fingerprint density at radius 3 is 2.38 bits per heavy atom. The normalized spacial score (nSPS) is 10.4. The van der Waals surface area contributed by atoms with E-state index in [0.717, 1.165) is 22.6 Å². The average molecular weight is 358 g/mol. The predicted molar refractivity (Wildman–Crippen MR) is 101 cm³/mol. The van der Waals surface area contributed by atoms with Gasteiger partial charge in [-0.3, -0.25) is 0 Å². The molecule has 0 saturated heterocycles. The molecule has 0 aromatic heterocycles. The van der Waals surface area contributed by atoms with Crippen molar-refractivity contribution in [1.29, 1.82) is 0 Å². The van der Waals surface area contributed by atoms with E-state index >= 15 is 0 Å². The number of hydrogen-bond donors (Lipinski definition) is 1. The Labute approximate surface area is 152 Å². The quantitative estimate of drug-likeness (QED) is 0.568. The molecule has 0 amide bonds. The van der Waals surface area contributed by atoms with Crippen LogP contribution in [0.15, 0.2) is 72.8 Å². The van der Waals surface area contributed by atoms with Gasteiger partial charge in [0.1, 0.15) is 12.4 Å². The largest absolute Gasteiger partial charge is 0.489 e. The van der Waals surface area contributed by atoms with Gasteiger partial charge in [0.2, 0.25) is 0 Å². The van der Waals surface area contributed by atoms with E-state index in [1.54, 1.807) is 0 Å². The highest BCUT2D eigenvalue weighted by Crippen LogP contribution is 2.25. The van der Waals surface area contributed by atoms with E-state index in [0.29, 0.717) is 23.2 Å². The molecule has 3 rings (SSSR count). The van der Waals surface area contributed by atoms with Gasteiger partial charge in [-0.15, -0.1) is 0 Å². The Morgan fingerprint density at radius 2 is 1.58 bits per heavy atom. The third-order valence-corrected chi connectivity index (χ3v) is 4.03. The number of anilines is 1. The van der Waals surface area contributed by atoms with Gasteiger partial charge in [0.05, 0.1) is 0 Å². The van der Waals surface area contributed by atoms with Crippen molar-refractivity contribution < 1.29 is 4.74 Å².